The number of amides is 2. The fourth-order valence-corrected chi connectivity index (χ4v) is 2.52. The summed E-state index contributed by atoms with van der Waals surface area (Å²) in [4.78, 5) is 35.7. The van der Waals surface area contributed by atoms with E-state index in [0.717, 1.165) is 30.2 Å². The second-order valence-electron chi connectivity index (χ2n) is 5.29. The molecule has 1 atom stereocenters. The predicted molar refractivity (Wildman–Crippen MR) is 83.5 cm³/mol. The number of ether oxygens (including phenoxy) is 2. The van der Waals surface area contributed by atoms with E-state index in [4.69, 9.17) is 4.74 Å². The van der Waals surface area contributed by atoms with Gasteiger partial charge in [0.05, 0.1) is 23.6 Å². The highest BCUT2D eigenvalue weighted by Gasteiger charge is 2.37. The van der Waals surface area contributed by atoms with Crippen LogP contribution in [0.5, 0.6) is 5.75 Å². The van der Waals surface area contributed by atoms with Crippen molar-refractivity contribution in [2.24, 2.45) is 0 Å². The van der Waals surface area contributed by atoms with E-state index in [1.807, 2.05) is 0 Å². The monoisotopic (exact) mass is 371 g/mol. The van der Waals surface area contributed by atoms with Gasteiger partial charge in [0.2, 0.25) is 0 Å². The number of methoxy groups -OCH3 is 1. The Morgan fingerprint density at radius 1 is 1.42 bits per heavy atom. The number of hydrogen-bond donors (Lipinski definition) is 1. The number of nitro groups is 1. The molecular weight excluding hydrogens is 356 g/mol. The number of hydrogen-bond acceptors (Lipinski definition) is 6. The van der Waals surface area contributed by atoms with Crippen LogP contribution >= 0.6 is 0 Å². The number of nitrogens with zero attached hydrogens (tertiary/aromatic N) is 2. The molecule has 0 aliphatic carbocycles. The normalized spacial score (nSPS) is 17.2. The lowest BCUT2D eigenvalue weighted by atomic mass is 9.94. The molecule has 0 spiro atoms. The standard InChI is InChI=1S/C15H15F2N3O6/c1-7-11(13(21)25-3)12(18-15(22)19(7)2)9-6-8(20(23)24)4-5-10(9)26-14(16)17/h4-6,12,14H,1-3H3,(H,18,22)/t12-/m1/s1. The molecule has 1 heterocycles. The second-order valence-corrected chi connectivity index (χ2v) is 5.29. The number of esters is 1. The molecule has 0 unspecified atom stereocenters. The third kappa shape index (κ3) is 3.55. The van der Waals surface area contributed by atoms with Gasteiger partial charge in [0.15, 0.2) is 0 Å². The number of nitrogens with one attached hydrogen (secondary N) is 1. The van der Waals surface area contributed by atoms with Gasteiger partial charge in [-0.2, -0.15) is 8.78 Å². The first-order chi connectivity index (χ1) is 12.2. The summed E-state index contributed by atoms with van der Waals surface area (Å²) in [5, 5.41) is 13.5. The van der Waals surface area contributed by atoms with Crippen LogP contribution in [0.4, 0.5) is 19.3 Å². The number of carbonyl (C=O) groups excluding carboxylic acids is 2. The Balaban J connectivity index is 2.69. The first-order valence-electron chi connectivity index (χ1n) is 7.23. The van der Waals surface area contributed by atoms with Crippen molar-refractivity contribution >= 4 is 17.7 Å². The maximum absolute atomic E-state index is 12.7. The van der Waals surface area contributed by atoms with Crippen LogP contribution in [0.25, 0.3) is 0 Å². The Morgan fingerprint density at radius 2 is 2.08 bits per heavy atom. The molecule has 1 aromatic carbocycles. The number of carbonyl (C=O) groups is 2. The minimum atomic E-state index is -3.20. The Bertz CT molecular complexity index is 796. The zero-order chi connectivity index (χ0) is 19.6. The van der Waals surface area contributed by atoms with E-state index >= 15 is 0 Å². The number of alkyl halides is 2. The van der Waals surface area contributed by atoms with Crippen molar-refractivity contribution in [3.63, 3.8) is 0 Å². The van der Waals surface area contributed by atoms with Gasteiger partial charge in [0, 0.05) is 30.4 Å². The summed E-state index contributed by atoms with van der Waals surface area (Å²) in [5.41, 5.74) is -0.438. The molecule has 0 aromatic heterocycles. The van der Waals surface area contributed by atoms with Gasteiger partial charge in [-0.1, -0.05) is 0 Å². The van der Waals surface area contributed by atoms with Crippen molar-refractivity contribution in [3.8, 4) is 5.75 Å². The van der Waals surface area contributed by atoms with Gasteiger partial charge in [-0.3, -0.25) is 10.1 Å². The van der Waals surface area contributed by atoms with Crippen LogP contribution in [0.1, 0.15) is 18.5 Å². The first-order valence-corrected chi connectivity index (χ1v) is 7.23. The largest absolute Gasteiger partial charge is 0.466 e. The molecule has 11 heteroatoms. The lowest BCUT2D eigenvalue weighted by Gasteiger charge is -2.33. The summed E-state index contributed by atoms with van der Waals surface area (Å²) in [6, 6.07) is 1.03. The molecule has 2 rings (SSSR count). The van der Waals surface area contributed by atoms with Gasteiger partial charge in [-0.15, -0.1) is 0 Å². The topological polar surface area (TPSA) is 111 Å². The molecule has 1 N–H and O–H groups in total. The quantitative estimate of drug-likeness (QED) is 0.483. The lowest BCUT2D eigenvalue weighted by molar-refractivity contribution is -0.385. The smallest absolute Gasteiger partial charge is 0.387 e. The summed E-state index contributed by atoms with van der Waals surface area (Å²) < 4.78 is 34.5. The number of non-ortho nitro benzene ring substituents is 1. The predicted octanol–water partition coefficient (Wildman–Crippen LogP) is 2.34. The highest BCUT2D eigenvalue weighted by Crippen LogP contribution is 2.37. The fourth-order valence-electron chi connectivity index (χ4n) is 2.52. The van der Waals surface area contributed by atoms with Crippen LogP contribution in [0.15, 0.2) is 29.5 Å². The van der Waals surface area contributed by atoms with Gasteiger partial charge in [0.1, 0.15) is 5.75 Å². The molecule has 0 saturated heterocycles. The van der Waals surface area contributed by atoms with Crippen molar-refractivity contribution < 1.29 is 32.8 Å². The van der Waals surface area contributed by atoms with Crippen LogP contribution in [-0.4, -0.2) is 42.6 Å². The fraction of sp³-hybridized carbons (Fsp3) is 0.333. The Morgan fingerprint density at radius 3 is 2.62 bits per heavy atom. The van der Waals surface area contributed by atoms with Crippen LogP contribution in [0.2, 0.25) is 0 Å². The first kappa shape index (κ1) is 19.1. The van der Waals surface area contributed by atoms with Crippen molar-refractivity contribution in [1.29, 1.82) is 0 Å². The van der Waals surface area contributed by atoms with Crippen LogP contribution < -0.4 is 10.1 Å². The zero-order valence-corrected chi connectivity index (χ0v) is 14.0. The summed E-state index contributed by atoms with van der Waals surface area (Å²) in [7, 11) is 2.51. The number of halogens is 2. The summed E-state index contributed by atoms with van der Waals surface area (Å²) in [6.07, 6.45) is 0. The Hall–Kier alpha value is -3.24. The molecule has 2 amide bonds. The molecule has 0 bridgehead atoms. The van der Waals surface area contributed by atoms with E-state index in [2.05, 4.69) is 10.1 Å². The summed E-state index contributed by atoms with van der Waals surface area (Å²) in [6.45, 7) is -1.74. The van der Waals surface area contributed by atoms with Crippen molar-refractivity contribution in [1.82, 2.24) is 10.2 Å². The van der Waals surface area contributed by atoms with E-state index in [9.17, 15) is 28.5 Å². The van der Waals surface area contributed by atoms with E-state index < -0.39 is 41.0 Å². The van der Waals surface area contributed by atoms with Gasteiger partial charge in [-0.25, -0.2) is 9.59 Å². The molecular formula is C15H15F2N3O6. The molecule has 26 heavy (non-hydrogen) atoms. The van der Waals surface area contributed by atoms with Gasteiger partial charge in [0.25, 0.3) is 5.69 Å². The van der Waals surface area contributed by atoms with Gasteiger partial charge in [-0.05, 0) is 13.0 Å². The molecule has 1 aliphatic rings. The zero-order valence-electron chi connectivity index (χ0n) is 14.0. The van der Waals surface area contributed by atoms with E-state index in [0.29, 0.717) is 0 Å². The average Bonchev–Trinajstić information content (AvgIpc) is 2.58. The number of benzene rings is 1. The third-order valence-electron chi connectivity index (χ3n) is 3.89. The minimum absolute atomic E-state index is 0.0609. The maximum atomic E-state index is 12.7. The number of rotatable bonds is 5. The van der Waals surface area contributed by atoms with Crippen molar-refractivity contribution in [2.75, 3.05) is 14.2 Å². The van der Waals surface area contributed by atoms with Crippen LogP contribution in [0, 0.1) is 10.1 Å². The molecule has 1 aliphatic heterocycles. The maximum Gasteiger partial charge on any atom is 0.387 e. The number of nitro benzene ring substituents is 1. The Labute approximate surface area is 146 Å². The van der Waals surface area contributed by atoms with Crippen molar-refractivity contribution in [3.05, 3.63) is 45.1 Å². The number of urea groups is 1. The minimum Gasteiger partial charge on any atom is -0.466 e. The molecule has 9 nitrogen and oxygen atoms in total. The van der Waals surface area contributed by atoms with Crippen LogP contribution in [0.3, 0.4) is 0 Å². The molecule has 0 radical (unpaired) electrons. The lowest BCUT2D eigenvalue weighted by Crippen LogP contribution is -2.46. The average molecular weight is 371 g/mol. The highest BCUT2D eigenvalue weighted by atomic mass is 19.3. The highest BCUT2D eigenvalue weighted by molar-refractivity contribution is 5.95. The Kier molecular flexibility index (Phi) is 5.38. The number of allylic oxidation sites excluding steroid dienone is 1. The summed E-state index contributed by atoms with van der Waals surface area (Å²) >= 11 is 0. The second kappa shape index (κ2) is 7.33. The molecule has 140 valence electrons. The van der Waals surface area contributed by atoms with Crippen LogP contribution in [-0.2, 0) is 9.53 Å². The van der Waals surface area contributed by atoms with Crippen molar-refractivity contribution in [2.45, 2.75) is 19.6 Å². The molecule has 0 fully saturated rings. The molecule has 1 aromatic rings. The summed E-state index contributed by atoms with van der Waals surface area (Å²) in [5.74, 6) is -1.23. The van der Waals surface area contributed by atoms with E-state index in [1.54, 1.807) is 0 Å². The van der Waals surface area contributed by atoms with E-state index in [-0.39, 0.29) is 16.8 Å². The van der Waals surface area contributed by atoms with Gasteiger partial charge < -0.3 is 19.7 Å². The van der Waals surface area contributed by atoms with Gasteiger partial charge >= 0.3 is 18.6 Å². The SMILES string of the molecule is COC(=O)C1=C(C)N(C)C(=O)N[C@@H]1c1cc([N+](=O)[O-])ccc1OC(F)F. The third-order valence-corrected chi connectivity index (χ3v) is 3.89. The molecule has 0 saturated carbocycles. The van der Waals surface area contributed by atoms with E-state index in [1.165, 1.54) is 14.0 Å².